The van der Waals surface area contributed by atoms with Crippen LogP contribution < -0.4 is 21.1 Å². The van der Waals surface area contributed by atoms with E-state index < -0.39 is 16.0 Å². The van der Waals surface area contributed by atoms with Crippen molar-refractivity contribution in [2.45, 2.75) is 38.9 Å². The molecule has 0 aliphatic rings. The molecular formula is C32H35O2PSi. The molecule has 4 aromatic rings. The Kier molecular flexibility index (Phi) is 8.56. The van der Waals surface area contributed by atoms with Gasteiger partial charge in [-0.1, -0.05) is 135 Å². The highest BCUT2D eigenvalue weighted by molar-refractivity contribution is 7.80. The van der Waals surface area contributed by atoms with Gasteiger partial charge in [0, 0.05) is 0 Å². The molecule has 0 heterocycles. The van der Waals surface area contributed by atoms with E-state index in [9.17, 15) is 4.79 Å². The maximum absolute atomic E-state index is 12.5. The molecule has 4 aromatic carbocycles. The number of carbonyl (C=O) groups is 1. The number of rotatable bonds is 9. The lowest BCUT2D eigenvalue weighted by Crippen LogP contribution is -2.47. The van der Waals surface area contributed by atoms with Crippen LogP contribution in [0.4, 0.5) is 0 Å². The second-order valence-electron chi connectivity index (χ2n) is 9.12. The highest BCUT2D eigenvalue weighted by Gasteiger charge is 2.33. The Morgan fingerprint density at radius 1 is 0.694 bits per heavy atom. The van der Waals surface area contributed by atoms with Crippen LogP contribution in [0.3, 0.4) is 0 Å². The lowest BCUT2D eigenvalue weighted by Gasteiger charge is -2.32. The first-order valence-corrected chi connectivity index (χ1v) is 16.8. The highest BCUT2D eigenvalue weighted by Crippen LogP contribution is 2.38. The first-order chi connectivity index (χ1) is 17.6. The minimum absolute atomic E-state index is 0.266. The van der Waals surface area contributed by atoms with Gasteiger partial charge in [0.25, 0.3) is 0 Å². The summed E-state index contributed by atoms with van der Waals surface area (Å²) in [6, 6.07) is 40.3. The van der Waals surface area contributed by atoms with Crippen molar-refractivity contribution in [2.75, 3.05) is 7.11 Å². The number of hydrogen-bond donors (Lipinski definition) is 0. The van der Waals surface area contributed by atoms with Gasteiger partial charge < -0.3 is 4.74 Å². The summed E-state index contributed by atoms with van der Waals surface area (Å²) in [5.74, 6) is -0.266. The lowest BCUT2D eigenvalue weighted by molar-refractivity contribution is 0.0601. The second kappa shape index (κ2) is 11.8. The van der Waals surface area contributed by atoms with Gasteiger partial charge >= 0.3 is 5.97 Å². The van der Waals surface area contributed by atoms with Gasteiger partial charge in [-0.3, -0.25) is 0 Å². The molecule has 0 saturated carbocycles. The van der Waals surface area contributed by atoms with Crippen molar-refractivity contribution in [3.8, 4) is 11.1 Å². The third-order valence-corrected chi connectivity index (χ3v) is 15.6. The zero-order valence-electron chi connectivity index (χ0n) is 21.7. The average molecular weight is 511 g/mol. The minimum atomic E-state index is -1.83. The van der Waals surface area contributed by atoms with E-state index in [2.05, 4.69) is 118 Å². The van der Waals surface area contributed by atoms with Gasteiger partial charge in [0.15, 0.2) is 0 Å². The smallest absolute Gasteiger partial charge is 0.337 e. The topological polar surface area (TPSA) is 26.3 Å². The van der Waals surface area contributed by atoms with Gasteiger partial charge in [-0.15, -0.1) is 0 Å². The van der Waals surface area contributed by atoms with Gasteiger partial charge in [0.1, 0.15) is 0 Å². The molecule has 0 unspecified atom stereocenters. The summed E-state index contributed by atoms with van der Waals surface area (Å²) in [6.45, 7) is 6.96. The van der Waals surface area contributed by atoms with E-state index >= 15 is 0 Å². The molecule has 0 aliphatic carbocycles. The molecule has 0 saturated heterocycles. The zero-order valence-corrected chi connectivity index (χ0v) is 23.6. The number of ether oxygens (including phenoxy) is 1. The fraction of sp³-hybridized carbons (Fsp3) is 0.219. The van der Waals surface area contributed by atoms with Crippen LogP contribution in [0.15, 0.2) is 103 Å². The zero-order chi connectivity index (χ0) is 25.5. The SMILES string of the molecule is CC[Si](CC)(CC)c1cc(C(=O)OC)ccc1-c1ccccc1P(c1ccccc1)c1ccccc1. The van der Waals surface area contributed by atoms with Crippen LogP contribution in [0.25, 0.3) is 11.1 Å². The predicted molar refractivity (Wildman–Crippen MR) is 159 cm³/mol. The third-order valence-electron chi connectivity index (χ3n) is 7.51. The fourth-order valence-electron chi connectivity index (χ4n) is 5.26. The second-order valence-corrected chi connectivity index (χ2v) is 16.5. The summed E-state index contributed by atoms with van der Waals surface area (Å²) < 4.78 is 5.11. The quantitative estimate of drug-likeness (QED) is 0.144. The molecule has 4 rings (SSSR count). The minimum Gasteiger partial charge on any atom is -0.465 e. The van der Waals surface area contributed by atoms with Crippen molar-refractivity contribution in [1.82, 2.24) is 0 Å². The molecular weight excluding hydrogens is 475 g/mol. The Bertz CT molecular complexity index is 1250. The molecule has 2 nitrogen and oxygen atoms in total. The Balaban J connectivity index is 2.01. The Hall–Kier alpha value is -3.00. The van der Waals surface area contributed by atoms with E-state index in [1.807, 2.05) is 6.07 Å². The van der Waals surface area contributed by atoms with Gasteiger partial charge in [0.2, 0.25) is 0 Å². The highest BCUT2D eigenvalue weighted by atomic mass is 31.1. The van der Waals surface area contributed by atoms with Crippen LogP contribution in [-0.2, 0) is 4.74 Å². The molecule has 184 valence electrons. The molecule has 0 bridgehead atoms. The lowest BCUT2D eigenvalue weighted by atomic mass is 10.0. The number of methoxy groups -OCH3 is 1. The van der Waals surface area contributed by atoms with Crippen LogP contribution in [-0.4, -0.2) is 21.2 Å². The average Bonchev–Trinajstić information content (AvgIpc) is 2.95. The fourth-order valence-corrected chi connectivity index (χ4v) is 11.6. The molecule has 4 heteroatoms. The van der Waals surface area contributed by atoms with E-state index in [0.29, 0.717) is 5.56 Å². The van der Waals surface area contributed by atoms with Crippen molar-refractivity contribution in [3.05, 3.63) is 109 Å². The normalized spacial score (nSPS) is 11.5. The standard InChI is InChI=1S/C32H35O2PSi/c1-5-36(6-2,7-3)31-24-25(32(33)34-4)22-23-29(31)28-20-14-15-21-30(28)35(26-16-10-8-11-17-26)27-18-12-9-13-19-27/h8-24H,5-7H2,1-4H3. The number of hydrogen-bond acceptors (Lipinski definition) is 2. The number of carbonyl (C=O) groups excluding carboxylic acids is 1. The molecule has 0 radical (unpaired) electrons. The van der Waals surface area contributed by atoms with Gasteiger partial charge in [-0.2, -0.15) is 0 Å². The summed E-state index contributed by atoms with van der Waals surface area (Å²) in [5.41, 5.74) is 3.19. The predicted octanol–water partition coefficient (Wildman–Crippen LogP) is 6.61. The first-order valence-electron chi connectivity index (χ1n) is 12.8. The molecule has 0 aliphatic heterocycles. The summed E-state index contributed by atoms with van der Waals surface area (Å²) in [7, 11) is -1.12. The summed E-state index contributed by atoms with van der Waals surface area (Å²) in [5, 5.41) is 5.40. The van der Waals surface area contributed by atoms with Crippen molar-refractivity contribution >= 4 is 43.1 Å². The van der Waals surface area contributed by atoms with Crippen molar-refractivity contribution in [1.29, 1.82) is 0 Å². The molecule has 36 heavy (non-hydrogen) atoms. The molecule has 0 fully saturated rings. The van der Waals surface area contributed by atoms with Crippen LogP contribution >= 0.6 is 7.92 Å². The Labute approximate surface area is 218 Å². The van der Waals surface area contributed by atoms with E-state index in [4.69, 9.17) is 4.74 Å². The van der Waals surface area contributed by atoms with Crippen molar-refractivity contribution in [2.24, 2.45) is 0 Å². The largest absolute Gasteiger partial charge is 0.465 e. The summed E-state index contributed by atoms with van der Waals surface area (Å²) in [4.78, 5) is 12.5. The molecule has 0 N–H and O–H groups in total. The Morgan fingerprint density at radius 2 is 1.22 bits per heavy atom. The van der Waals surface area contributed by atoms with Gasteiger partial charge in [-0.05, 0) is 47.1 Å². The maximum Gasteiger partial charge on any atom is 0.337 e. The first kappa shape index (κ1) is 26.1. The molecule has 0 spiro atoms. The van der Waals surface area contributed by atoms with Gasteiger partial charge in [-0.25, -0.2) is 4.79 Å². The third kappa shape index (κ3) is 5.09. The van der Waals surface area contributed by atoms with E-state index in [1.54, 1.807) is 0 Å². The van der Waals surface area contributed by atoms with Gasteiger partial charge in [0.05, 0.1) is 20.7 Å². The summed E-state index contributed by atoms with van der Waals surface area (Å²) in [6.07, 6.45) is 0. The van der Waals surface area contributed by atoms with Crippen molar-refractivity contribution < 1.29 is 9.53 Å². The van der Waals surface area contributed by atoms with Crippen LogP contribution in [0.1, 0.15) is 31.1 Å². The van der Waals surface area contributed by atoms with E-state index in [1.165, 1.54) is 39.3 Å². The molecule has 0 aromatic heterocycles. The van der Waals surface area contributed by atoms with Crippen molar-refractivity contribution in [3.63, 3.8) is 0 Å². The van der Waals surface area contributed by atoms with Crippen LogP contribution in [0.5, 0.6) is 0 Å². The number of esters is 1. The maximum atomic E-state index is 12.5. The monoisotopic (exact) mass is 510 g/mol. The molecule has 0 amide bonds. The van der Waals surface area contributed by atoms with E-state index in [-0.39, 0.29) is 5.97 Å². The Morgan fingerprint density at radius 3 is 1.75 bits per heavy atom. The summed E-state index contributed by atoms with van der Waals surface area (Å²) >= 11 is 0. The molecule has 0 atom stereocenters. The van der Waals surface area contributed by atoms with E-state index in [0.717, 1.165) is 18.1 Å². The number of benzene rings is 4. The van der Waals surface area contributed by atoms with Crippen LogP contribution in [0.2, 0.25) is 18.1 Å². The van der Waals surface area contributed by atoms with Crippen LogP contribution in [0, 0.1) is 0 Å².